The SMILES string of the molecule is C=C(CCSc1ccccc1)CCC(O)C(=C)C.CC(=O)O. The van der Waals surface area contributed by atoms with E-state index in [9.17, 15) is 5.11 Å². The third-order valence-electron chi connectivity index (χ3n) is 2.81. The molecule has 22 heavy (non-hydrogen) atoms. The number of rotatable bonds is 8. The summed E-state index contributed by atoms with van der Waals surface area (Å²) in [5.74, 6) is 0.214. The van der Waals surface area contributed by atoms with Gasteiger partial charge in [-0.15, -0.1) is 11.8 Å². The molecule has 0 aliphatic rings. The number of carboxylic acid groups (broad SMARTS) is 1. The molecule has 0 bridgehead atoms. The summed E-state index contributed by atoms with van der Waals surface area (Å²) in [7, 11) is 0. The third-order valence-corrected chi connectivity index (χ3v) is 3.82. The van der Waals surface area contributed by atoms with Crippen molar-refractivity contribution in [1.82, 2.24) is 0 Å². The Balaban J connectivity index is 0.000000980. The second-order valence-electron chi connectivity index (χ2n) is 5.08. The fraction of sp³-hybridized carbons (Fsp3) is 0.389. The highest BCUT2D eigenvalue weighted by atomic mass is 32.2. The first kappa shape index (κ1) is 20.5. The van der Waals surface area contributed by atoms with Gasteiger partial charge in [0.05, 0.1) is 6.10 Å². The summed E-state index contributed by atoms with van der Waals surface area (Å²) in [4.78, 5) is 10.3. The van der Waals surface area contributed by atoms with Crippen molar-refractivity contribution in [3.8, 4) is 0 Å². The standard InChI is InChI=1S/C16H22OS.C2H4O2/c1-13(2)16(17)10-9-14(3)11-12-18-15-7-5-4-6-8-15;1-2(3)4/h4-8,16-17H,1,3,9-12H2,2H3;1H3,(H,3,4). The maximum Gasteiger partial charge on any atom is 0.300 e. The van der Waals surface area contributed by atoms with Crippen LogP contribution in [-0.4, -0.2) is 28.0 Å². The van der Waals surface area contributed by atoms with Crippen molar-refractivity contribution in [2.75, 3.05) is 5.75 Å². The average molecular weight is 322 g/mol. The van der Waals surface area contributed by atoms with Gasteiger partial charge in [0.25, 0.3) is 5.97 Å². The zero-order valence-electron chi connectivity index (χ0n) is 13.4. The van der Waals surface area contributed by atoms with Crippen LogP contribution in [0.1, 0.15) is 33.1 Å². The van der Waals surface area contributed by atoms with E-state index < -0.39 is 5.97 Å². The number of carbonyl (C=O) groups is 1. The molecule has 0 saturated heterocycles. The van der Waals surface area contributed by atoms with Gasteiger partial charge in [-0.25, -0.2) is 0 Å². The number of aliphatic hydroxyl groups is 1. The highest BCUT2D eigenvalue weighted by Gasteiger charge is 2.05. The number of hydrogen-bond acceptors (Lipinski definition) is 3. The molecule has 0 saturated carbocycles. The maximum absolute atomic E-state index is 9.63. The largest absolute Gasteiger partial charge is 0.481 e. The number of thioether (sulfide) groups is 1. The average Bonchev–Trinajstić information content (AvgIpc) is 2.45. The molecule has 0 amide bonds. The molecule has 122 valence electrons. The van der Waals surface area contributed by atoms with Gasteiger partial charge in [0.15, 0.2) is 0 Å². The number of aliphatic carboxylic acids is 1. The van der Waals surface area contributed by atoms with Crippen molar-refractivity contribution < 1.29 is 15.0 Å². The fourth-order valence-corrected chi connectivity index (χ4v) is 2.52. The predicted octanol–water partition coefficient (Wildman–Crippen LogP) is 4.53. The molecule has 1 unspecified atom stereocenters. The second kappa shape index (κ2) is 12.1. The third kappa shape index (κ3) is 12.2. The lowest BCUT2D eigenvalue weighted by Crippen LogP contribution is -2.07. The molecule has 0 aliphatic heterocycles. The molecule has 2 N–H and O–H groups in total. The molecule has 0 aliphatic carbocycles. The number of benzene rings is 1. The lowest BCUT2D eigenvalue weighted by Gasteiger charge is -2.11. The van der Waals surface area contributed by atoms with Crippen LogP contribution in [0.3, 0.4) is 0 Å². The molecular formula is C18H26O3S. The van der Waals surface area contributed by atoms with Gasteiger partial charge >= 0.3 is 0 Å². The van der Waals surface area contributed by atoms with Crippen LogP contribution in [0.15, 0.2) is 59.5 Å². The monoisotopic (exact) mass is 322 g/mol. The van der Waals surface area contributed by atoms with Gasteiger partial charge in [-0.05, 0) is 38.3 Å². The Morgan fingerprint density at radius 3 is 2.23 bits per heavy atom. The van der Waals surface area contributed by atoms with Crippen molar-refractivity contribution in [1.29, 1.82) is 0 Å². The summed E-state index contributed by atoms with van der Waals surface area (Å²) in [5, 5.41) is 17.0. The summed E-state index contributed by atoms with van der Waals surface area (Å²) >= 11 is 1.85. The van der Waals surface area contributed by atoms with Gasteiger partial charge in [0.2, 0.25) is 0 Å². The molecule has 0 radical (unpaired) electrons. The minimum atomic E-state index is -0.833. The quantitative estimate of drug-likeness (QED) is 0.545. The van der Waals surface area contributed by atoms with Crippen LogP contribution in [0.5, 0.6) is 0 Å². The summed E-state index contributed by atoms with van der Waals surface area (Å²) in [5.41, 5.74) is 2.04. The molecule has 0 aromatic heterocycles. The maximum atomic E-state index is 9.63. The Labute approximate surface area is 137 Å². The van der Waals surface area contributed by atoms with Crippen molar-refractivity contribution in [2.45, 2.75) is 44.1 Å². The van der Waals surface area contributed by atoms with Crippen LogP contribution in [0.4, 0.5) is 0 Å². The Morgan fingerprint density at radius 1 is 1.18 bits per heavy atom. The molecule has 1 aromatic carbocycles. The number of allylic oxidation sites excluding steroid dienone is 1. The molecule has 1 aromatic rings. The summed E-state index contributed by atoms with van der Waals surface area (Å²) in [6.45, 7) is 10.8. The zero-order chi connectivity index (χ0) is 17.0. The zero-order valence-corrected chi connectivity index (χ0v) is 14.2. The Morgan fingerprint density at radius 2 is 1.73 bits per heavy atom. The number of aliphatic hydroxyl groups excluding tert-OH is 1. The summed E-state index contributed by atoms with van der Waals surface area (Å²) in [6, 6.07) is 10.4. The summed E-state index contributed by atoms with van der Waals surface area (Å²) in [6.07, 6.45) is 2.24. The van der Waals surface area contributed by atoms with Gasteiger partial charge in [-0.2, -0.15) is 0 Å². The van der Waals surface area contributed by atoms with Crippen LogP contribution in [0.25, 0.3) is 0 Å². The molecule has 3 nitrogen and oxygen atoms in total. The van der Waals surface area contributed by atoms with Crippen molar-refractivity contribution in [3.05, 3.63) is 54.6 Å². The molecule has 0 spiro atoms. The van der Waals surface area contributed by atoms with E-state index in [-0.39, 0.29) is 6.10 Å². The molecule has 0 fully saturated rings. The number of carboxylic acids is 1. The molecule has 1 rings (SSSR count). The van der Waals surface area contributed by atoms with E-state index in [4.69, 9.17) is 9.90 Å². The van der Waals surface area contributed by atoms with Crippen molar-refractivity contribution in [2.24, 2.45) is 0 Å². The first-order valence-electron chi connectivity index (χ1n) is 7.20. The van der Waals surface area contributed by atoms with Crippen molar-refractivity contribution in [3.63, 3.8) is 0 Å². The second-order valence-corrected chi connectivity index (χ2v) is 6.25. The Bertz CT molecular complexity index is 464. The van der Waals surface area contributed by atoms with Gasteiger partial charge in [-0.1, -0.05) is 42.5 Å². The van der Waals surface area contributed by atoms with E-state index >= 15 is 0 Å². The van der Waals surface area contributed by atoms with E-state index in [1.807, 2.05) is 24.8 Å². The first-order valence-corrected chi connectivity index (χ1v) is 8.19. The summed E-state index contributed by atoms with van der Waals surface area (Å²) < 4.78 is 0. The lowest BCUT2D eigenvalue weighted by atomic mass is 10.0. The van der Waals surface area contributed by atoms with Gasteiger partial charge < -0.3 is 10.2 Å². The number of hydrogen-bond donors (Lipinski definition) is 2. The normalized spacial score (nSPS) is 11.0. The van der Waals surface area contributed by atoms with Crippen LogP contribution in [0.2, 0.25) is 0 Å². The van der Waals surface area contributed by atoms with Crippen molar-refractivity contribution >= 4 is 17.7 Å². The predicted molar refractivity (Wildman–Crippen MR) is 94.3 cm³/mol. The molecule has 0 heterocycles. The molecular weight excluding hydrogens is 296 g/mol. The van der Waals surface area contributed by atoms with E-state index in [0.717, 1.165) is 37.5 Å². The first-order chi connectivity index (χ1) is 10.3. The molecule has 4 heteroatoms. The smallest absolute Gasteiger partial charge is 0.300 e. The Kier molecular flexibility index (Phi) is 11.2. The Hall–Kier alpha value is -1.52. The van der Waals surface area contributed by atoms with Crippen LogP contribution >= 0.6 is 11.8 Å². The van der Waals surface area contributed by atoms with Crippen LogP contribution < -0.4 is 0 Å². The van der Waals surface area contributed by atoms with E-state index in [1.54, 1.807) is 0 Å². The van der Waals surface area contributed by atoms with Gasteiger partial charge in [-0.3, -0.25) is 4.79 Å². The highest BCUT2D eigenvalue weighted by Crippen LogP contribution is 2.21. The fourth-order valence-electron chi connectivity index (χ4n) is 1.54. The van der Waals surface area contributed by atoms with E-state index in [1.165, 1.54) is 10.5 Å². The lowest BCUT2D eigenvalue weighted by molar-refractivity contribution is -0.134. The minimum absolute atomic E-state index is 0.386. The van der Waals surface area contributed by atoms with Crippen LogP contribution in [-0.2, 0) is 4.79 Å². The highest BCUT2D eigenvalue weighted by molar-refractivity contribution is 7.99. The van der Waals surface area contributed by atoms with Crippen LogP contribution in [0, 0.1) is 0 Å². The molecule has 1 atom stereocenters. The van der Waals surface area contributed by atoms with Gasteiger partial charge in [0, 0.05) is 17.6 Å². The van der Waals surface area contributed by atoms with E-state index in [2.05, 4.69) is 37.4 Å². The minimum Gasteiger partial charge on any atom is -0.481 e. The topological polar surface area (TPSA) is 57.5 Å². The van der Waals surface area contributed by atoms with Gasteiger partial charge in [0.1, 0.15) is 0 Å². The van der Waals surface area contributed by atoms with E-state index in [0.29, 0.717) is 0 Å².